The first kappa shape index (κ1) is 16.6. The summed E-state index contributed by atoms with van der Waals surface area (Å²) >= 11 is 0. The Kier molecular flexibility index (Phi) is 4.53. The van der Waals surface area contributed by atoms with Crippen molar-refractivity contribution in [1.82, 2.24) is 10.6 Å². The third kappa shape index (κ3) is 3.58. The lowest BCUT2D eigenvalue weighted by atomic mass is 9.78. The fourth-order valence-electron chi connectivity index (χ4n) is 4.51. The van der Waals surface area contributed by atoms with Gasteiger partial charge >= 0.3 is 0 Å². The van der Waals surface area contributed by atoms with E-state index in [2.05, 4.69) is 34.9 Å². The molecule has 4 rings (SSSR count). The number of benzene rings is 1. The first-order valence-electron chi connectivity index (χ1n) is 9.82. The fourth-order valence-corrected chi connectivity index (χ4v) is 4.51. The Labute approximate surface area is 149 Å². The van der Waals surface area contributed by atoms with Gasteiger partial charge in [0.1, 0.15) is 0 Å². The number of hydrogen-bond acceptors (Lipinski definition) is 2. The monoisotopic (exact) mass is 340 g/mol. The van der Waals surface area contributed by atoms with Crippen LogP contribution in [0.4, 0.5) is 0 Å². The molecule has 0 saturated heterocycles. The SMILES string of the molecule is O=C(CCCNC(=O)C1CC1)NC[C@@H]1C[C@]12CCCc1ccccc12. The summed E-state index contributed by atoms with van der Waals surface area (Å²) < 4.78 is 0. The second-order valence-electron chi connectivity index (χ2n) is 8.04. The van der Waals surface area contributed by atoms with E-state index in [1.165, 1.54) is 36.8 Å². The number of aryl methyl sites for hydroxylation is 1. The Morgan fingerprint density at radius 1 is 1.16 bits per heavy atom. The Balaban J connectivity index is 1.18. The van der Waals surface area contributed by atoms with Crippen molar-refractivity contribution in [2.45, 2.75) is 56.8 Å². The second-order valence-corrected chi connectivity index (χ2v) is 8.04. The van der Waals surface area contributed by atoms with Gasteiger partial charge in [0.15, 0.2) is 0 Å². The molecule has 3 aliphatic rings. The van der Waals surface area contributed by atoms with E-state index < -0.39 is 0 Å². The number of carbonyl (C=O) groups is 2. The summed E-state index contributed by atoms with van der Waals surface area (Å²) in [6, 6.07) is 8.84. The minimum Gasteiger partial charge on any atom is -0.356 e. The van der Waals surface area contributed by atoms with Crippen LogP contribution in [-0.4, -0.2) is 24.9 Å². The smallest absolute Gasteiger partial charge is 0.223 e. The molecule has 1 aromatic carbocycles. The summed E-state index contributed by atoms with van der Waals surface area (Å²) in [5, 5.41) is 6.03. The topological polar surface area (TPSA) is 58.2 Å². The largest absolute Gasteiger partial charge is 0.356 e. The van der Waals surface area contributed by atoms with Crippen molar-refractivity contribution in [2.24, 2.45) is 11.8 Å². The maximum atomic E-state index is 12.1. The minimum absolute atomic E-state index is 0.117. The van der Waals surface area contributed by atoms with E-state index in [-0.39, 0.29) is 17.7 Å². The molecule has 1 aromatic rings. The van der Waals surface area contributed by atoms with Gasteiger partial charge in [-0.05, 0) is 62.0 Å². The normalized spacial score (nSPS) is 26.8. The highest BCUT2D eigenvalue weighted by Gasteiger charge is 2.56. The van der Waals surface area contributed by atoms with E-state index in [0.29, 0.717) is 24.3 Å². The Morgan fingerprint density at radius 3 is 2.84 bits per heavy atom. The summed E-state index contributed by atoms with van der Waals surface area (Å²) in [4.78, 5) is 23.6. The zero-order valence-electron chi connectivity index (χ0n) is 14.9. The minimum atomic E-state index is 0.117. The van der Waals surface area contributed by atoms with Crippen LogP contribution in [0.5, 0.6) is 0 Å². The molecule has 1 spiro atoms. The van der Waals surface area contributed by atoms with Gasteiger partial charge in [0, 0.05) is 30.8 Å². The van der Waals surface area contributed by atoms with E-state index in [1.807, 2.05) is 0 Å². The number of amides is 2. The number of hydrogen-bond donors (Lipinski definition) is 2. The molecule has 0 aromatic heterocycles. The van der Waals surface area contributed by atoms with Crippen LogP contribution in [0, 0.1) is 11.8 Å². The number of rotatable bonds is 7. The molecule has 134 valence electrons. The molecule has 0 heterocycles. The molecule has 2 fully saturated rings. The third-order valence-corrected chi connectivity index (χ3v) is 6.23. The molecule has 4 heteroatoms. The molecular weight excluding hydrogens is 312 g/mol. The van der Waals surface area contributed by atoms with Gasteiger partial charge in [-0.2, -0.15) is 0 Å². The van der Waals surface area contributed by atoms with Crippen LogP contribution in [0.15, 0.2) is 24.3 Å². The zero-order chi connectivity index (χ0) is 17.3. The predicted octanol–water partition coefficient (Wildman–Crippen LogP) is 2.70. The lowest BCUT2D eigenvalue weighted by Crippen LogP contribution is -2.30. The number of carbonyl (C=O) groups excluding carboxylic acids is 2. The van der Waals surface area contributed by atoms with Crippen LogP contribution in [0.1, 0.15) is 56.1 Å². The van der Waals surface area contributed by atoms with Gasteiger partial charge in [0.05, 0.1) is 0 Å². The Hall–Kier alpha value is -1.84. The van der Waals surface area contributed by atoms with Crippen LogP contribution >= 0.6 is 0 Å². The van der Waals surface area contributed by atoms with Gasteiger partial charge in [-0.25, -0.2) is 0 Å². The molecule has 4 nitrogen and oxygen atoms in total. The van der Waals surface area contributed by atoms with Crippen LogP contribution in [0.3, 0.4) is 0 Å². The van der Waals surface area contributed by atoms with E-state index in [0.717, 1.165) is 25.8 Å². The third-order valence-electron chi connectivity index (χ3n) is 6.23. The van der Waals surface area contributed by atoms with Crippen molar-refractivity contribution in [3.8, 4) is 0 Å². The van der Waals surface area contributed by atoms with Gasteiger partial charge in [-0.1, -0.05) is 24.3 Å². The van der Waals surface area contributed by atoms with Gasteiger partial charge < -0.3 is 10.6 Å². The highest BCUT2D eigenvalue weighted by atomic mass is 16.2. The Morgan fingerprint density at radius 2 is 2.00 bits per heavy atom. The van der Waals surface area contributed by atoms with Crippen LogP contribution in [0.25, 0.3) is 0 Å². The average molecular weight is 340 g/mol. The maximum Gasteiger partial charge on any atom is 0.223 e. The Bertz CT molecular complexity index is 668. The lowest BCUT2D eigenvalue weighted by molar-refractivity contribution is -0.123. The van der Waals surface area contributed by atoms with Crippen molar-refractivity contribution in [1.29, 1.82) is 0 Å². The highest BCUT2D eigenvalue weighted by molar-refractivity contribution is 5.81. The summed E-state index contributed by atoms with van der Waals surface area (Å²) in [6.07, 6.45) is 8.21. The zero-order valence-corrected chi connectivity index (χ0v) is 14.9. The quantitative estimate of drug-likeness (QED) is 0.750. The van der Waals surface area contributed by atoms with Crippen molar-refractivity contribution in [2.75, 3.05) is 13.1 Å². The van der Waals surface area contributed by atoms with Crippen molar-refractivity contribution in [3.05, 3.63) is 35.4 Å². The van der Waals surface area contributed by atoms with Gasteiger partial charge in [0.25, 0.3) is 0 Å². The molecule has 2 saturated carbocycles. The molecule has 0 bridgehead atoms. The molecule has 0 radical (unpaired) electrons. The van der Waals surface area contributed by atoms with E-state index in [4.69, 9.17) is 0 Å². The van der Waals surface area contributed by atoms with Crippen molar-refractivity contribution >= 4 is 11.8 Å². The summed E-state index contributed by atoms with van der Waals surface area (Å²) in [7, 11) is 0. The molecule has 2 N–H and O–H groups in total. The summed E-state index contributed by atoms with van der Waals surface area (Å²) in [5.41, 5.74) is 3.37. The average Bonchev–Trinajstić information content (AvgIpc) is 3.53. The number of fused-ring (bicyclic) bond motifs is 2. The van der Waals surface area contributed by atoms with Gasteiger partial charge in [0.2, 0.25) is 11.8 Å². The van der Waals surface area contributed by atoms with Gasteiger partial charge in [-0.3, -0.25) is 9.59 Å². The van der Waals surface area contributed by atoms with Crippen LogP contribution in [-0.2, 0) is 21.4 Å². The van der Waals surface area contributed by atoms with Crippen molar-refractivity contribution < 1.29 is 9.59 Å². The van der Waals surface area contributed by atoms with Crippen LogP contribution in [0.2, 0.25) is 0 Å². The van der Waals surface area contributed by atoms with E-state index >= 15 is 0 Å². The molecule has 2 atom stereocenters. The molecule has 25 heavy (non-hydrogen) atoms. The first-order chi connectivity index (χ1) is 12.2. The predicted molar refractivity (Wildman–Crippen MR) is 97.1 cm³/mol. The molecular formula is C21H28N2O2. The van der Waals surface area contributed by atoms with E-state index in [1.54, 1.807) is 0 Å². The lowest BCUT2D eigenvalue weighted by Gasteiger charge is -2.26. The summed E-state index contributed by atoms with van der Waals surface area (Å²) in [6.45, 7) is 1.41. The maximum absolute atomic E-state index is 12.1. The first-order valence-corrected chi connectivity index (χ1v) is 9.82. The standard InChI is InChI=1S/C21H28N2O2/c24-19(8-4-12-22-20(25)16-9-10-16)23-14-17-13-21(17)11-3-6-15-5-1-2-7-18(15)21/h1-2,5,7,16-17H,3-4,6,8-14H2,(H,22,25)(H,23,24)/t17-,21+/m0/s1. The number of nitrogens with one attached hydrogen (secondary N) is 2. The fraction of sp³-hybridized carbons (Fsp3) is 0.619. The highest BCUT2D eigenvalue weighted by Crippen LogP contribution is 2.59. The van der Waals surface area contributed by atoms with Gasteiger partial charge in [-0.15, -0.1) is 0 Å². The second kappa shape index (κ2) is 6.81. The molecule has 0 unspecified atom stereocenters. The molecule has 3 aliphatic carbocycles. The van der Waals surface area contributed by atoms with Crippen LogP contribution < -0.4 is 10.6 Å². The molecule has 2 amide bonds. The summed E-state index contributed by atoms with van der Waals surface area (Å²) in [5.74, 6) is 1.12. The molecule has 0 aliphatic heterocycles. The van der Waals surface area contributed by atoms with E-state index in [9.17, 15) is 9.59 Å². The van der Waals surface area contributed by atoms with Crippen molar-refractivity contribution in [3.63, 3.8) is 0 Å².